The molecule has 1 saturated heterocycles. The molecule has 1 heterocycles. The van der Waals surface area contributed by atoms with E-state index in [2.05, 4.69) is 0 Å². The molecule has 0 spiro atoms. The lowest BCUT2D eigenvalue weighted by Gasteiger charge is -2.26. The summed E-state index contributed by atoms with van der Waals surface area (Å²) >= 11 is 12.2. The minimum absolute atomic E-state index is 0.0855. The van der Waals surface area contributed by atoms with Gasteiger partial charge in [-0.15, -0.1) is 0 Å². The van der Waals surface area contributed by atoms with E-state index < -0.39 is 23.5 Å². The van der Waals surface area contributed by atoms with E-state index in [4.69, 9.17) is 23.2 Å². The van der Waals surface area contributed by atoms with Crippen LogP contribution >= 0.6 is 23.2 Å². The molecule has 1 unspecified atom stereocenters. The van der Waals surface area contributed by atoms with Crippen LogP contribution in [0.1, 0.15) is 28.3 Å². The largest absolute Gasteiger partial charge is 0.507 e. The van der Waals surface area contributed by atoms with Gasteiger partial charge in [0, 0.05) is 11.3 Å². The second-order valence-corrected chi connectivity index (χ2v) is 8.46. The number of hydrogen-bond donors (Lipinski definition) is 1. The molecule has 3 aromatic carbocycles. The van der Waals surface area contributed by atoms with Gasteiger partial charge < -0.3 is 5.11 Å². The normalized spacial score (nSPS) is 17.8. The Labute approximate surface area is 194 Å². The van der Waals surface area contributed by atoms with Crippen LogP contribution in [0.4, 0.5) is 10.1 Å². The van der Waals surface area contributed by atoms with Gasteiger partial charge in [0.25, 0.3) is 11.7 Å². The van der Waals surface area contributed by atoms with Crippen molar-refractivity contribution in [3.63, 3.8) is 0 Å². The van der Waals surface area contributed by atoms with E-state index in [1.165, 1.54) is 35.2 Å². The van der Waals surface area contributed by atoms with Gasteiger partial charge in [-0.05, 0) is 61.4 Å². The summed E-state index contributed by atoms with van der Waals surface area (Å²) in [4.78, 5) is 27.6. The zero-order valence-electron chi connectivity index (χ0n) is 17.2. The molecule has 0 saturated carbocycles. The molecule has 1 aliphatic rings. The van der Waals surface area contributed by atoms with Crippen molar-refractivity contribution < 1.29 is 19.1 Å². The number of hydrogen-bond acceptors (Lipinski definition) is 3. The highest BCUT2D eigenvalue weighted by molar-refractivity contribution is 6.52. The molecule has 1 atom stereocenters. The van der Waals surface area contributed by atoms with Gasteiger partial charge in [-0.3, -0.25) is 14.5 Å². The van der Waals surface area contributed by atoms with Crippen LogP contribution in [0.15, 0.2) is 66.2 Å². The molecule has 3 aromatic rings. The summed E-state index contributed by atoms with van der Waals surface area (Å²) in [7, 11) is 0. The molecule has 162 valence electrons. The summed E-state index contributed by atoms with van der Waals surface area (Å²) in [5.74, 6) is -2.47. The Morgan fingerprint density at radius 1 is 0.969 bits per heavy atom. The van der Waals surface area contributed by atoms with E-state index in [0.717, 1.165) is 5.56 Å². The van der Waals surface area contributed by atoms with Gasteiger partial charge in [0.05, 0.1) is 21.7 Å². The van der Waals surface area contributed by atoms with E-state index in [9.17, 15) is 19.1 Å². The topological polar surface area (TPSA) is 57.6 Å². The Morgan fingerprint density at radius 3 is 2.38 bits per heavy atom. The second-order valence-electron chi connectivity index (χ2n) is 7.65. The first-order valence-corrected chi connectivity index (χ1v) is 10.5. The average molecular weight is 470 g/mol. The number of ketones is 1. The highest BCUT2D eigenvalue weighted by Crippen LogP contribution is 2.43. The number of aliphatic hydroxyl groups is 1. The van der Waals surface area contributed by atoms with Gasteiger partial charge in [-0.2, -0.15) is 0 Å². The van der Waals surface area contributed by atoms with Crippen molar-refractivity contribution in [3.05, 3.63) is 104 Å². The van der Waals surface area contributed by atoms with Crippen molar-refractivity contribution in [2.75, 3.05) is 4.90 Å². The predicted octanol–water partition coefficient (Wildman–Crippen LogP) is 6.38. The average Bonchev–Trinajstić information content (AvgIpc) is 3.02. The Balaban J connectivity index is 1.97. The summed E-state index contributed by atoms with van der Waals surface area (Å²) in [6.45, 7) is 3.44. The van der Waals surface area contributed by atoms with Crippen LogP contribution < -0.4 is 4.90 Å². The fraction of sp³-hybridized carbons (Fsp3) is 0.120. The summed E-state index contributed by atoms with van der Waals surface area (Å²) in [6, 6.07) is 15.0. The fourth-order valence-corrected chi connectivity index (χ4v) is 4.13. The monoisotopic (exact) mass is 469 g/mol. The van der Waals surface area contributed by atoms with E-state index in [1.807, 2.05) is 25.1 Å². The summed E-state index contributed by atoms with van der Waals surface area (Å²) in [5.41, 5.74) is 2.38. The molecule has 0 aromatic heterocycles. The number of nitrogens with zero attached hydrogens (tertiary/aromatic N) is 1. The third-order valence-corrected chi connectivity index (χ3v) is 6.15. The van der Waals surface area contributed by atoms with Crippen molar-refractivity contribution in [2.24, 2.45) is 0 Å². The highest BCUT2D eigenvalue weighted by Gasteiger charge is 2.47. The van der Waals surface area contributed by atoms with Crippen molar-refractivity contribution in [2.45, 2.75) is 19.9 Å². The van der Waals surface area contributed by atoms with Crippen molar-refractivity contribution in [1.29, 1.82) is 0 Å². The minimum atomic E-state index is -0.905. The van der Waals surface area contributed by atoms with Crippen LogP contribution in [0.2, 0.25) is 10.0 Å². The standard InChI is InChI=1S/C25H18Cl2FNO3/c1-13-4-3-5-15(10-13)22-21(23(30)16-6-9-20(28)14(2)11-16)24(31)25(32)29(22)17-7-8-18(26)19(27)12-17/h3-12,22,30H,1-2H3/b23-21+. The minimum Gasteiger partial charge on any atom is -0.507 e. The van der Waals surface area contributed by atoms with Crippen LogP contribution in [0.5, 0.6) is 0 Å². The summed E-state index contributed by atoms with van der Waals surface area (Å²) in [5, 5.41) is 11.6. The number of aliphatic hydroxyl groups excluding tert-OH is 1. The van der Waals surface area contributed by atoms with Gasteiger partial charge in [-0.25, -0.2) is 4.39 Å². The highest BCUT2D eigenvalue weighted by atomic mass is 35.5. The van der Waals surface area contributed by atoms with Gasteiger partial charge in [0.2, 0.25) is 0 Å². The number of rotatable bonds is 3. The molecule has 0 aliphatic carbocycles. The lowest BCUT2D eigenvalue weighted by molar-refractivity contribution is -0.132. The van der Waals surface area contributed by atoms with Crippen molar-refractivity contribution >= 4 is 46.3 Å². The Kier molecular flexibility index (Phi) is 5.80. The number of carbonyl (C=O) groups excluding carboxylic acids is 2. The zero-order chi connectivity index (χ0) is 23.2. The van der Waals surface area contributed by atoms with Crippen LogP contribution in [0.25, 0.3) is 5.76 Å². The van der Waals surface area contributed by atoms with E-state index in [0.29, 0.717) is 21.8 Å². The molecular weight excluding hydrogens is 452 g/mol. The third kappa shape index (κ3) is 3.78. The van der Waals surface area contributed by atoms with Crippen LogP contribution in [0.3, 0.4) is 0 Å². The van der Waals surface area contributed by atoms with Gasteiger partial charge in [-0.1, -0.05) is 53.0 Å². The lowest BCUT2D eigenvalue weighted by Crippen LogP contribution is -2.29. The number of Topliss-reactive ketones (excluding diaryl/α,β-unsaturated/α-hetero) is 1. The molecule has 1 fully saturated rings. The zero-order valence-corrected chi connectivity index (χ0v) is 18.7. The molecule has 4 nitrogen and oxygen atoms in total. The molecule has 4 rings (SSSR count). The molecular formula is C25H18Cl2FNO3. The summed E-state index contributed by atoms with van der Waals surface area (Å²) in [6.07, 6.45) is 0. The number of aryl methyl sites for hydroxylation is 2. The van der Waals surface area contributed by atoms with Crippen molar-refractivity contribution in [1.82, 2.24) is 0 Å². The van der Waals surface area contributed by atoms with E-state index in [1.54, 1.807) is 19.1 Å². The molecule has 1 amide bonds. The number of halogens is 3. The SMILES string of the molecule is Cc1cccc(C2/C(=C(\O)c3ccc(F)c(C)c3)C(=O)C(=O)N2c2ccc(Cl)c(Cl)c2)c1. The maximum atomic E-state index is 13.8. The molecule has 32 heavy (non-hydrogen) atoms. The molecule has 0 radical (unpaired) electrons. The maximum absolute atomic E-state index is 13.8. The number of carbonyl (C=O) groups is 2. The van der Waals surface area contributed by atoms with Crippen LogP contribution in [-0.2, 0) is 9.59 Å². The first-order chi connectivity index (χ1) is 15.2. The Morgan fingerprint density at radius 2 is 1.72 bits per heavy atom. The van der Waals surface area contributed by atoms with Gasteiger partial charge in [0.15, 0.2) is 0 Å². The second kappa shape index (κ2) is 8.41. The number of anilines is 1. The van der Waals surface area contributed by atoms with Gasteiger partial charge >= 0.3 is 0 Å². The first-order valence-electron chi connectivity index (χ1n) is 9.78. The molecule has 7 heteroatoms. The van der Waals surface area contributed by atoms with E-state index in [-0.39, 0.29) is 21.9 Å². The molecule has 1 N–H and O–H groups in total. The predicted molar refractivity (Wildman–Crippen MR) is 124 cm³/mol. The van der Waals surface area contributed by atoms with Crippen molar-refractivity contribution in [3.8, 4) is 0 Å². The molecule has 0 bridgehead atoms. The maximum Gasteiger partial charge on any atom is 0.300 e. The first kappa shape index (κ1) is 22.1. The van der Waals surface area contributed by atoms with Crippen LogP contribution in [-0.4, -0.2) is 16.8 Å². The third-order valence-electron chi connectivity index (χ3n) is 5.42. The molecule has 1 aliphatic heterocycles. The Hall–Kier alpha value is -3.15. The smallest absolute Gasteiger partial charge is 0.300 e. The Bertz CT molecular complexity index is 1300. The van der Waals surface area contributed by atoms with Gasteiger partial charge in [0.1, 0.15) is 11.6 Å². The van der Waals surface area contributed by atoms with E-state index >= 15 is 0 Å². The summed E-state index contributed by atoms with van der Waals surface area (Å²) < 4.78 is 13.8. The lowest BCUT2D eigenvalue weighted by atomic mass is 9.94. The quantitative estimate of drug-likeness (QED) is 0.275. The number of benzene rings is 3. The fourth-order valence-electron chi connectivity index (χ4n) is 3.84. The number of amides is 1. The van der Waals surface area contributed by atoms with Crippen LogP contribution in [0, 0.1) is 19.7 Å².